The molecule has 2 nitrogen and oxygen atoms in total. The molecule has 0 saturated heterocycles. The molecule has 1 N–H and O–H groups in total. The van der Waals surface area contributed by atoms with E-state index in [4.69, 9.17) is 0 Å². The van der Waals surface area contributed by atoms with Crippen molar-refractivity contribution in [2.75, 3.05) is 6.54 Å². The molecule has 4 rings (SSSR count). The molecule has 0 radical (unpaired) electrons. The molecule has 1 aliphatic rings. The lowest BCUT2D eigenvalue weighted by Crippen LogP contribution is -2.32. The van der Waals surface area contributed by atoms with Crippen molar-refractivity contribution >= 4 is 10.8 Å². The molecular weight excluding hydrogens is 282 g/mol. The largest absolute Gasteiger partial charge is 0.508 e. The number of rotatable bonds is 2. The first-order chi connectivity index (χ1) is 11.2. The van der Waals surface area contributed by atoms with E-state index in [2.05, 4.69) is 60.4 Å². The molecule has 2 heteroatoms. The van der Waals surface area contributed by atoms with Gasteiger partial charge in [-0.2, -0.15) is 0 Å². The number of aromatic hydroxyl groups is 1. The molecule has 0 spiro atoms. The maximum atomic E-state index is 9.75. The minimum atomic E-state index is 0.358. The Kier molecular flexibility index (Phi) is 3.55. The Hall–Kier alpha value is -2.32. The molecule has 0 aliphatic carbocycles. The predicted molar refractivity (Wildman–Crippen MR) is 94.6 cm³/mol. The van der Waals surface area contributed by atoms with Crippen LogP contribution in [0, 0.1) is 0 Å². The second kappa shape index (κ2) is 5.71. The number of phenolic OH excluding ortho intramolecular Hbond substituents is 1. The van der Waals surface area contributed by atoms with Gasteiger partial charge >= 0.3 is 0 Å². The Bertz CT molecular complexity index is 850. The quantitative estimate of drug-likeness (QED) is 0.744. The molecule has 0 amide bonds. The summed E-state index contributed by atoms with van der Waals surface area (Å²) >= 11 is 0. The van der Waals surface area contributed by atoms with E-state index in [0.717, 1.165) is 19.5 Å². The number of fused-ring (bicyclic) bond motifs is 2. The molecule has 3 aromatic carbocycles. The van der Waals surface area contributed by atoms with Crippen molar-refractivity contribution in [3.63, 3.8) is 0 Å². The molecule has 116 valence electrons. The van der Waals surface area contributed by atoms with Crippen molar-refractivity contribution in [3.8, 4) is 5.75 Å². The summed E-state index contributed by atoms with van der Waals surface area (Å²) in [5.74, 6) is 0.364. The van der Waals surface area contributed by atoms with E-state index in [0.29, 0.717) is 11.8 Å². The first kappa shape index (κ1) is 14.3. The van der Waals surface area contributed by atoms with Gasteiger partial charge in [0.1, 0.15) is 5.75 Å². The normalized spacial score (nSPS) is 16.2. The van der Waals surface area contributed by atoms with E-state index in [9.17, 15) is 5.11 Å². The van der Waals surface area contributed by atoms with E-state index in [1.165, 1.54) is 27.5 Å². The Balaban J connectivity index is 1.68. The van der Waals surface area contributed by atoms with Gasteiger partial charge in [-0.3, -0.25) is 4.90 Å². The standard InChI is InChI=1S/C21H21NO/c1-15(20-8-4-6-17-5-2-3-7-21(17)20)22-12-11-16-9-10-19(23)13-18(16)14-22/h2-10,13,15,23H,11-12,14H2,1H3. The van der Waals surface area contributed by atoms with Crippen molar-refractivity contribution in [1.29, 1.82) is 0 Å². The molecule has 0 aromatic heterocycles. The summed E-state index contributed by atoms with van der Waals surface area (Å²) in [7, 11) is 0. The summed E-state index contributed by atoms with van der Waals surface area (Å²) in [6.07, 6.45) is 1.05. The van der Waals surface area contributed by atoms with Crippen molar-refractivity contribution in [2.45, 2.75) is 25.9 Å². The van der Waals surface area contributed by atoms with Crippen molar-refractivity contribution in [1.82, 2.24) is 4.90 Å². The molecule has 0 bridgehead atoms. The van der Waals surface area contributed by atoms with Gasteiger partial charge in [0.2, 0.25) is 0 Å². The molecule has 1 aliphatic heterocycles. The fraction of sp³-hybridized carbons (Fsp3) is 0.238. The van der Waals surface area contributed by atoms with Crippen LogP contribution in [-0.4, -0.2) is 16.6 Å². The van der Waals surface area contributed by atoms with Crippen LogP contribution in [0.2, 0.25) is 0 Å². The number of nitrogens with zero attached hydrogens (tertiary/aromatic N) is 1. The van der Waals surface area contributed by atoms with Gasteiger partial charge in [0, 0.05) is 19.1 Å². The van der Waals surface area contributed by atoms with Gasteiger partial charge in [0.05, 0.1) is 0 Å². The zero-order chi connectivity index (χ0) is 15.8. The van der Waals surface area contributed by atoms with Crippen LogP contribution in [0.5, 0.6) is 5.75 Å². The Labute approximate surface area is 137 Å². The Morgan fingerprint density at radius 3 is 2.70 bits per heavy atom. The van der Waals surface area contributed by atoms with Crippen LogP contribution in [0.1, 0.15) is 29.7 Å². The molecule has 23 heavy (non-hydrogen) atoms. The van der Waals surface area contributed by atoms with Crippen LogP contribution in [0.25, 0.3) is 10.8 Å². The van der Waals surface area contributed by atoms with Crippen LogP contribution in [0.15, 0.2) is 60.7 Å². The summed E-state index contributed by atoms with van der Waals surface area (Å²) in [6.45, 7) is 4.24. The number of hydrogen-bond acceptors (Lipinski definition) is 2. The summed E-state index contributed by atoms with van der Waals surface area (Å²) < 4.78 is 0. The van der Waals surface area contributed by atoms with Gasteiger partial charge in [-0.25, -0.2) is 0 Å². The van der Waals surface area contributed by atoms with Crippen molar-refractivity contribution in [3.05, 3.63) is 77.4 Å². The molecule has 3 aromatic rings. The average molecular weight is 303 g/mol. The molecule has 0 fully saturated rings. The second-order valence-corrected chi connectivity index (χ2v) is 6.42. The van der Waals surface area contributed by atoms with E-state index >= 15 is 0 Å². The third kappa shape index (κ3) is 2.60. The number of hydrogen-bond donors (Lipinski definition) is 1. The van der Waals surface area contributed by atoms with Crippen molar-refractivity contribution in [2.24, 2.45) is 0 Å². The van der Waals surface area contributed by atoms with Crippen molar-refractivity contribution < 1.29 is 5.11 Å². The van der Waals surface area contributed by atoms with E-state index < -0.39 is 0 Å². The third-order valence-corrected chi connectivity index (χ3v) is 5.05. The lowest BCUT2D eigenvalue weighted by molar-refractivity contribution is 0.193. The highest BCUT2D eigenvalue weighted by molar-refractivity contribution is 5.86. The van der Waals surface area contributed by atoms with Gasteiger partial charge in [0.15, 0.2) is 0 Å². The first-order valence-electron chi connectivity index (χ1n) is 8.25. The minimum absolute atomic E-state index is 0.358. The fourth-order valence-corrected chi connectivity index (χ4v) is 3.71. The highest BCUT2D eigenvalue weighted by atomic mass is 16.3. The highest BCUT2D eigenvalue weighted by Crippen LogP contribution is 2.32. The lowest BCUT2D eigenvalue weighted by Gasteiger charge is -2.34. The zero-order valence-electron chi connectivity index (χ0n) is 13.4. The van der Waals surface area contributed by atoms with E-state index in [1.54, 1.807) is 6.07 Å². The van der Waals surface area contributed by atoms with Crippen LogP contribution in [0.4, 0.5) is 0 Å². The highest BCUT2D eigenvalue weighted by Gasteiger charge is 2.22. The molecule has 1 unspecified atom stereocenters. The summed E-state index contributed by atoms with van der Waals surface area (Å²) in [4.78, 5) is 2.50. The topological polar surface area (TPSA) is 23.5 Å². The number of phenols is 1. The van der Waals surface area contributed by atoms with Gasteiger partial charge in [-0.05, 0) is 52.9 Å². The smallest absolute Gasteiger partial charge is 0.115 e. The molecule has 1 heterocycles. The minimum Gasteiger partial charge on any atom is -0.508 e. The second-order valence-electron chi connectivity index (χ2n) is 6.42. The third-order valence-electron chi connectivity index (χ3n) is 5.05. The number of benzene rings is 3. The SMILES string of the molecule is CC(c1cccc2ccccc12)N1CCc2ccc(O)cc2C1. The average Bonchev–Trinajstić information content (AvgIpc) is 2.60. The predicted octanol–water partition coefficient (Wildman–Crippen LogP) is 4.66. The maximum absolute atomic E-state index is 9.75. The van der Waals surface area contributed by atoms with E-state index in [-0.39, 0.29) is 0 Å². The first-order valence-corrected chi connectivity index (χ1v) is 8.25. The fourth-order valence-electron chi connectivity index (χ4n) is 3.71. The summed E-state index contributed by atoms with van der Waals surface area (Å²) in [5.41, 5.74) is 4.00. The molecule has 0 saturated carbocycles. The monoisotopic (exact) mass is 303 g/mol. The lowest BCUT2D eigenvalue weighted by atomic mass is 9.94. The van der Waals surface area contributed by atoms with Gasteiger partial charge in [0.25, 0.3) is 0 Å². The Morgan fingerprint density at radius 2 is 1.78 bits per heavy atom. The maximum Gasteiger partial charge on any atom is 0.115 e. The van der Waals surface area contributed by atoms with Crippen LogP contribution in [0.3, 0.4) is 0 Å². The van der Waals surface area contributed by atoms with Gasteiger partial charge in [-0.15, -0.1) is 0 Å². The summed E-state index contributed by atoms with van der Waals surface area (Å²) in [5, 5.41) is 12.4. The zero-order valence-corrected chi connectivity index (χ0v) is 13.4. The van der Waals surface area contributed by atoms with Crippen LogP contribution in [-0.2, 0) is 13.0 Å². The Morgan fingerprint density at radius 1 is 0.957 bits per heavy atom. The van der Waals surface area contributed by atoms with Gasteiger partial charge in [-0.1, -0.05) is 48.5 Å². The molecular formula is C21H21NO. The van der Waals surface area contributed by atoms with Crippen LogP contribution >= 0.6 is 0 Å². The van der Waals surface area contributed by atoms with E-state index in [1.807, 2.05) is 6.07 Å². The van der Waals surface area contributed by atoms with Crippen LogP contribution < -0.4 is 0 Å². The molecule has 1 atom stereocenters. The van der Waals surface area contributed by atoms with Gasteiger partial charge < -0.3 is 5.11 Å². The summed E-state index contributed by atoms with van der Waals surface area (Å²) in [6, 6.07) is 21.3.